The second kappa shape index (κ2) is 4.13. The van der Waals surface area contributed by atoms with Crippen molar-refractivity contribution in [2.24, 2.45) is 0 Å². The van der Waals surface area contributed by atoms with Crippen molar-refractivity contribution in [3.8, 4) is 11.4 Å². The standard InChI is InChI=1S/C10H6F3N3O2/c11-10(12,13)6-1-3-14-7(5-6)8-2-4-15-16(8)9(17)18/h1-5H,(H,17,18)/p-1. The lowest BCUT2D eigenvalue weighted by Gasteiger charge is -2.09. The predicted molar refractivity (Wildman–Crippen MR) is 51.3 cm³/mol. The molecule has 0 N–H and O–H groups in total. The number of carboxylic acid groups (broad SMARTS) is 1. The quantitative estimate of drug-likeness (QED) is 0.767. The molecule has 8 heteroatoms. The van der Waals surface area contributed by atoms with Crippen LogP contribution in [0, 0.1) is 0 Å². The van der Waals surface area contributed by atoms with Gasteiger partial charge in [-0.25, -0.2) is 4.68 Å². The Bertz CT molecular complexity index is 592. The zero-order chi connectivity index (χ0) is 13.3. The zero-order valence-corrected chi connectivity index (χ0v) is 8.68. The third-order valence-corrected chi connectivity index (χ3v) is 2.17. The first-order chi connectivity index (χ1) is 8.39. The van der Waals surface area contributed by atoms with E-state index in [9.17, 15) is 23.1 Å². The van der Waals surface area contributed by atoms with Crippen LogP contribution in [-0.4, -0.2) is 20.9 Å². The fraction of sp³-hybridized carbons (Fsp3) is 0.100. The van der Waals surface area contributed by atoms with Gasteiger partial charge in [0.2, 0.25) is 0 Å². The van der Waals surface area contributed by atoms with Crippen LogP contribution >= 0.6 is 0 Å². The normalized spacial score (nSPS) is 11.5. The summed E-state index contributed by atoms with van der Waals surface area (Å²) in [5, 5.41) is 14.1. The van der Waals surface area contributed by atoms with Crippen LogP contribution in [0.3, 0.4) is 0 Å². The third-order valence-electron chi connectivity index (χ3n) is 2.17. The molecule has 2 aromatic rings. The fourth-order valence-corrected chi connectivity index (χ4v) is 1.39. The summed E-state index contributed by atoms with van der Waals surface area (Å²) in [7, 11) is 0. The van der Waals surface area contributed by atoms with Gasteiger partial charge in [-0.1, -0.05) is 0 Å². The smallest absolute Gasteiger partial charge is 0.416 e. The number of aromatic nitrogens is 3. The van der Waals surface area contributed by atoms with Crippen molar-refractivity contribution >= 4 is 6.09 Å². The lowest BCUT2D eigenvalue weighted by molar-refractivity contribution is -0.251. The largest absolute Gasteiger partial charge is 0.528 e. The molecular weight excluding hydrogens is 251 g/mol. The predicted octanol–water partition coefficient (Wildman–Crippen LogP) is 1.16. The van der Waals surface area contributed by atoms with Gasteiger partial charge in [-0.2, -0.15) is 18.3 Å². The number of alkyl halides is 3. The molecule has 0 aliphatic carbocycles. The number of rotatable bonds is 1. The van der Waals surface area contributed by atoms with Gasteiger partial charge in [-0.15, -0.1) is 0 Å². The topological polar surface area (TPSA) is 70.8 Å². The van der Waals surface area contributed by atoms with Crippen LogP contribution in [0.15, 0.2) is 30.6 Å². The monoisotopic (exact) mass is 256 g/mol. The van der Waals surface area contributed by atoms with Gasteiger partial charge in [0.05, 0.1) is 23.1 Å². The highest BCUT2D eigenvalue weighted by Gasteiger charge is 2.31. The summed E-state index contributed by atoms with van der Waals surface area (Å²) in [5.41, 5.74) is -1.15. The molecule has 0 spiro atoms. The highest BCUT2D eigenvalue weighted by atomic mass is 19.4. The summed E-state index contributed by atoms with van der Waals surface area (Å²) >= 11 is 0. The second-order valence-electron chi connectivity index (χ2n) is 3.32. The van der Waals surface area contributed by atoms with Crippen molar-refractivity contribution in [1.82, 2.24) is 14.8 Å². The molecule has 94 valence electrons. The molecule has 0 aromatic carbocycles. The minimum Gasteiger partial charge on any atom is -0.528 e. The van der Waals surface area contributed by atoms with E-state index in [1.807, 2.05) is 0 Å². The molecule has 0 radical (unpaired) electrons. The number of hydrogen-bond donors (Lipinski definition) is 0. The van der Waals surface area contributed by atoms with Gasteiger partial charge in [0.1, 0.15) is 0 Å². The SMILES string of the molecule is O=C([O-])n1nccc1-c1cc(C(F)(F)F)ccn1. The number of nitrogens with zero attached hydrogens (tertiary/aromatic N) is 3. The number of halogens is 3. The zero-order valence-electron chi connectivity index (χ0n) is 8.68. The molecule has 0 fully saturated rings. The molecule has 5 nitrogen and oxygen atoms in total. The van der Waals surface area contributed by atoms with E-state index in [1.54, 1.807) is 0 Å². The van der Waals surface area contributed by atoms with E-state index in [4.69, 9.17) is 0 Å². The van der Waals surface area contributed by atoms with E-state index in [0.29, 0.717) is 4.68 Å². The number of hydrogen-bond acceptors (Lipinski definition) is 4. The van der Waals surface area contributed by atoms with Gasteiger partial charge in [0.25, 0.3) is 0 Å². The summed E-state index contributed by atoms with van der Waals surface area (Å²) in [5.74, 6) is 0. The van der Waals surface area contributed by atoms with Gasteiger partial charge >= 0.3 is 6.18 Å². The molecule has 0 bridgehead atoms. The van der Waals surface area contributed by atoms with Crippen molar-refractivity contribution in [2.75, 3.05) is 0 Å². The molecular formula is C10H5F3N3O2-. The first kappa shape index (κ1) is 12.1. The van der Waals surface area contributed by atoms with Crippen LogP contribution in [-0.2, 0) is 6.18 Å². The first-order valence-electron chi connectivity index (χ1n) is 4.68. The molecule has 0 atom stereocenters. The Balaban J connectivity index is 2.52. The molecule has 2 aromatic heterocycles. The molecule has 18 heavy (non-hydrogen) atoms. The van der Waals surface area contributed by atoms with Gasteiger partial charge < -0.3 is 9.90 Å². The Morgan fingerprint density at radius 2 is 2.00 bits per heavy atom. The lowest BCUT2D eigenvalue weighted by Crippen LogP contribution is -2.30. The molecule has 0 saturated heterocycles. The van der Waals surface area contributed by atoms with E-state index >= 15 is 0 Å². The highest BCUT2D eigenvalue weighted by Crippen LogP contribution is 2.30. The average molecular weight is 256 g/mol. The molecule has 0 unspecified atom stereocenters. The number of carbonyl (C=O) groups is 1. The molecule has 2 rings (SSSR count). The third kappa shape index (κ3) is 2.17. The summed E-state index contributed by atoms with van der Waals surface area (Å²) in [6.07, 6.45) is -4.09. The number of carbonyl (C=O) groups excluding carboxylic acids is 1. The van der Waals surface area contributed by atoms with Crippen LogP contribution in [0.2, 0.25) is 0 Å². The minimum absolute atomic E-state index is 0.0823. The maximum atomic E-state index is 12.5. The van der Waals surface area contributed by atoms with Crippen LogP contribution in [0.1, 0.15) is 5.56 Å². The van der Waals surface area contributed by atoms with Crippen LogP contribution < -0.4 is 5.11 Å². The fourth-order valence-electron chi connectivity index (χ4n) is 1.39. The van der Waals surface area contributed by atoms with Crippen molar-refractivity contribution in [3.05, 3.63) is 36.2 Å². The second-order valence-corrected chi connectivity index (χ2v) is 3.32. The van der Waals surface area contributed by atoms with Gasteiger partial charge in [0, 0.05) is 6.20 Å². The molecule has 0 saturated carbocycles. The first-order valence-corrected chi connectivity index (χ1v) is 4.68. The van der Waals surface area contributed by atoms with Crippen molar-refractivity contribution in [3.63, 3.8) is 0 Å². The minimum atomic E-state index is -4.52. The van der Waals surface area contributed by atoms with E-state index in [2.05, 4.69) is 10.1 Å². The van der Waals surface area contributed by atoms with Crippen molar-refractivity contribution in [2.45, 2.75) is 6.18 Å². The maximum Gasteiger partial charge on any atom is 0.416 e. The van der Waals surface area contributed by atoms with Crippen LogP contribution in [0.5, 0.6) is 0 Å². The van der Waals surface area contributed by atoms with Gasteiger partial charge in [-0.05, 0) is 18.2 Å². The molecule has 0 aliphatic rings. The highest BCUT2D eigenvalue weighted by molar-refractivity contribution is 5.72. The average Bonchev–Trinajstić information content (AvgIpc) is 2.77. The van der Waals surface area contributed by atoms with Crippen LogP contribution in [0.4, 0.5) is 18.0 Å². The molecule has 0 aliphatic heterocycles. The summed E-state index contributed by atoms with van der Waals surface area (Å²) in [6, 6.07) is 2.78. The Morgan fingerprint density at radius 3 is 2.61 bits per heavy atom. The summed E-state index contributed by atoms with van der Waals surface area (Å²) in [6.45, 7) is 0. The van der Waals surface area contributed by atoms with E-state index in [-0.39, 0.29) is 11.4 Å². The van der Waals surface area contributed by atoms with Crippen molar-refractivity contribution < 1.29 is 23.1 Å². The van der Waals surface area contributed by atoms with Crippen LogP contribution in [0.25, 0.3) is 11.4 Å². The molecule has 2 heterocycles. The van der Waals surface area contributed by atoms with E-state index in [1.165, 1.54) is 6.07 Å². The Kier molecular flexibility index (Phi) is 2.77. The molecule has 0 amide bonds. The number of pyridine rings is 1. The van der Waals surface area contributed by atoms with Gasteiger partial charge in [0.15, 0.2) is 6.09 Å². The summed E-state index contributed by atoms with van der Waals surface area (Å²) in [4.78, 5) is 14.4. The Labute approximate surface area is 98.5 Å². The lowest BCUT2D eigenvalue weighted by atomic mass is 10.2. The van der Waals surface area contributed by atoms with Crippen molar-refractivity contribution in [1.29, 1.82) is 0 Å². The van der Waals surface area contributed by atoms with E-state index in [0.717, 1.165) is 24.5 Å². The maximum absolute atomic E-state index is 12.5. The van der Waals surface area contributed by atoms with E-state index < -0.39 is 17.8 Å². The Hall–Kier alpha value is -2.38. The Morgan fingerprint density at radius 1 is 1.28 bits per heavy atom. The summed E-state index contributed by atoms with van der Waals surface area (Å²) < 4.78 is 37.9. The van der Waals surface area contributed by atoms with Gasteiger partial charge in [-0.3, -0.25) is 4.98 Å².